The second-order valence-electron chi connectivity index (χ2n) is 15.4. The fraction of sp³-hybridized carbons (Fsp3) is 0.368. The Morgan fingerprint density at radius 1 is 1.07 bits per heavy atom. The van der Waals surface area contributed by atoms with Gasteiger partial charge in [0, 0.05) is 54.1 Å². The number of anilines is 2. The molecule has 1 saturated heterocycles. The molecule has 4 atom stereocenters. The summed E-state index contributed by atoms with van der Waals surface area (Å²) in [4.78, 5) is 35.5. The molecule has 4 N–H and O–H groups in total. The van der Waals surface area contributed by atoms with E-state index < -0.39 is 81.0 Å². The smallest absolute Gasteiger partial charge is 0.356 e. The highest BCUT2D eigenvalue weighted by Crippen LogP contribution is 2.64. The van der Waals surface area contributed by atoms with Crippen LogP contribution in [0.25, 0.3) is 32.4 Å². The molecule has 1 aliphatic heterocycles. The van der Waals surface area contributed by atoms with Crippen molar-refractivity contribution in [1.29, 1.82) is 0 Å². The molecule has 1 unspecified atom stereocenters. The van der Waals surface area contributed by atoms with Crippen molar-refractivity contribution in [3.8, 4) is 11.1 Å². The first-order chi connectivity index (χ1) is 28.7. The van der Waals surface area contributed by atoms with Gasteiger partial charge in [-0.15, -0.1) is 0 Å². The zero-order valence-electron chi connectivity index (χ0n) is 31.9. The monoisotopic (exact) mass is 890 g/mol. The van der Waals surface area contributed by atoms with Crippen molar-refractivity contribution >= 4 is 65.4 Å². The molecule has 0 spiro atoms. The van der Waals surface area contributed by atoms with Gasteiger partial charge in [-0.1, -0.05) is 23.5 Å². The van der Waals surface area contributed by atoms with Gasteiger partial charge < -0.3 is 16.0 Å². The molecule has 5 heterocycles. The van der Waals surface area contributed by atoms with Crippen LogP contribution in [0.2, 0.25) is 0 Å². The molecule has 2 aromatic carbocycles. The molecule has 0 radical (unpaired) electrons. The fourth-order valence-corrected chi connectivity index (χ4v) is 10.0. The van der Waals surface area contributed by atoms with Crippen LogP contribution in [0.3, 0.4) is 0 Å². The Balaban J connectivity index is 1.19. The lowest BCUT2D eigenvalue weighted by Crippen LogP contribution is -2.36. The number of benzene rings is 2. The Labute approximate surface area is 345 Å². The van der Waals surface area contributed by atoms with E-state index in [1.54, 1.807) is 31.3 Å². The zero-order valence-corrected chi connectivity index (χ0v) is 33.5. The Kier molecular flexibility index (Phi) is 9.56. The number of sulfonamides is 1. The third-order valence-electron chi connectivity index (χ3n) is 11.2. The molecular weight excluding hydrogens is 858 g/mol. The van der Waals surface area contributed by atoms with E-state index in [0.29, 0.717) is 49.2 Å². The van der Waals surface area contributed by atoms with E-state index in [0.717, 1.165) is 18.4 Å². The molecule has 1 saturated carbocycles. The Morgan fingerprint density at radius 3 is 2.48 bits per heavy atom. The van der Waals surface area contributed by atoms with E-state index in [4.69, 9.17) is 4.98 Å². The van der Waals surface area contributed by atoms with E-state index in [1.165, 1.54) is 16.0 Å². The van der Waals surface area contributed by atoms with Crippen LogP contribution in [0.1, 0.15) is 59.4 Å². The molecule has 3 aliphatic rings. The fourth-order valence-electron chi connectivity index (χ4n) is 8.62. The largest absolute Gasteiger partial charge is 0.435 e. The molecule has 4 aromatic heterocycles. The number of nitrogens with zero attached hydrogens (tertiary/aromatic N) is 6. The number of aryl methyl sites for hydroxylation is 1. The van der Waals surface area contributed by atoms with E-state index >= 15 is 8.78 Å². The number of hydrogen-bond donors (Lipinski definition) is 4. The second-order valence-corrected chi connectivity index (χ2v) is 18.2. The molecule has 0 bridgehead atoms. The Bertz CT molecular complexity index is 2890. The van der Waals surface area contributed by atoms with Crippen LogP contribution in [0, 0.1) is 17.6 Å². The Hall–Kier alpha value is -5.84. The van der Waals surface area contributed by atoms with Crippen molar-refractivity contribution in [2.75, 3.05) is 22.8 Å². The maximum absolute atomic E-state index is 15.7. The van der Waals surface area contributed by atoms with Crippen LogP contribution in [0.5, 0.6) is 0 Å². The summed E-state index contributed by atoms with van der Waals surface area (Å²) in [5.74, 6) is -9.26. The minimum absolute atomic E-state index is 0.00220. The van der Waals surface area contributed by atoms with Gasteiger partial charge in [0.2, 0.25) is 21.8 Å². The van der Waals surface area contributed by atoms with E-state index in [-0.39, 0.29) is 60.4 Å². The summed E-state index contributed by atoms with van der Waals surface area (Å²) in [5.41, 5.74) is -1.80. The van der Waals surface area contributed by atoms with Gasteiger partial charge in [0.25, 0.3) is 5.92 Å². The topological polar surface area (TPSA) is 178 Å². The van der Waals surface area contributed by atoms with Crippen LogP contribution in [-0.4, -0.2) is 68.6 Å². The molecular formula is C38H33F7N10O4S2. The average Bonchev–Trinajstić information content (AvgIpc) is 3.92. The number of thiazole rings is 1. The minimum Gasteiger partial charge on any atom is -0.356 e. The second kappa shape index (κ2) is 14.4. The number of amides is 2. The van der Waals surface area contributed by atoms with Crippen molar-refractivity contribution in [2.24, 2.45) is 13.0 Å². The molecule has 2 fully saturated rings. The van der Waals surface area contributed by atoms with Gasteiger partial charge >= 0.3 is 6.18 Å². The van der Waals surface area contributed by atoms with E-state index in [2.05, 4.69) is 35.9 Å². The summed E-state index contributed by atoms with van der Waals surface area (Å²) in [6, 6.07) is 7.59. The summed E-state index contributed by atoms with van der Waals surface area (Å²) in [7, 11) is -2.24. The molecule has 2 amide bonds. The third-order valence-corrected chi connectivity index (χ3v) is 12.6. The lowest BCUT2D eigenvalue weighted by Gasteiger charge is -2.34. The van der Waals surface area contributed by atoms with Crippen LogP contribution in [0.4, 0.5) is 41.7 Å². The predicted octanol–water partition coefficient (Wildman–Crippen LogP) is 6.11. The zero-order chi connectivity index (χ0) is 43.3. The standard InChI is InChI=1S/C38H33F7N10O4S2/c1-54-31-20(4-3-5-22(31)34(52-54)53-61(2,58)59)23-13-26-35(50-36(60-26)47-19-12-27(56)46-14-19)49-30(23)25(10-16-8-17(39)11-18(40)9-16)48-28(57)15-55-33-29(32(51-55)38(43,44)45)21-6-7-24(21)37(33,41)42/h3-5,8-9,11,13,19,21,24-25H,6-7,10,12,14-15H2,1-2H3,(H,46,56)(H,48,57)(H,52,53)(H,47,49,50)/t19?,21-,24+,25-/m0/s1. The van der Waals surface area contributed by atoms with Crippen LogP contribution < -0.4 is 20.7 Å². The number of rotatable bonds is 11. The summed E-state index contributed by atoms with van der Waals surface area (Å²) in [5, 5.41) is 17.2. The number of carbonyl (C=O) groups excluding carboxylic acids is 2. The van der Waals surface area contributed by atoms with Gasteiger partial charge in [0.05, 0.1) is 34.2 Å². The highest BCUT2D eigenvalue weighted by Gasteiger charge is 2.63. The number of fused-ring (bicyclic) bond motifs is 5. The number of para-hydroxylation sites is 1. The lowest BCUT2D eigenvalue weighted by molar-refractivity contribution is -0.144. The summed E-state index contributed by atoms with van der Waals surface area (Å²) in [6.45, 7) is -0.740. The lowest BCUT2D eigenvalue weighted by atomic mass is 9.73. The van der Waals surface area contributed by atoms with Crippen molar-refractivity contribution in [1.82, 2.24) is 40.2 Å². The predicted molar refractivity (Wildman–Crippen MR) is 208 cm³/mol. The molecule has 14 nitrogen and oxygen atoms in total. The highest BCUT2D eigenvalue weighted by molar-refractivity contribution is 7.92. The average molecular weight is 891 g/mol. The highest BCUT2D eigenvalue weighted by atomic mass is 32.2. The minimum atomic E-state index is -5.08. The quantitative estimate of drug-likeness (QED) is 0.112. The van der Waals surface area contributed by atoms with E-state index in [1.807, 2.05) is 0 Å². The summed E-state index contributed by atoms with van der Waals surface area (Å²) in [6.07, 6.45) is -4.21. The maximum Gasteiger partial charge on any atom is 0.435 e. The van der Waals surface area contributed by atoms with Gasteiger partial charge in [-0.05, 0) is 55.0 Å². The molecule has 9 rings (SSSR count). The van der Waals surface area contributed by atoms with Gasteiger partial charge in [-0.3, -0.25) is 23.7 Å². The Morgan fingerprint density at radius 2 is 1.82 bits per heavy atom. The van der Waals surface area contributed by atoms with Gasteiger partial charge in [0.1, 0.15) is 23.9 Å². The van der Waals surface area contributed by atoms with Crippen molar-refractivity contribution in [3.63, 3.8) is 0 Å². The van der Waals surface area contributed by atoms with Crippen molar-refractivity contribution in [3.05, 3.63) is 82.3 Å². The third kappa shape index (κ3) is 7.39. The van der Waals surface area contributed by atoms with Crippen molar-refractivity contribution < 1.29 is 48.7 Å². The number of hydrogen-bond acceptors (Lipinski definition) is 10. The SMILES string of the molecule is Cn1nc(NS(C)(=O)=O)c2cccc(-c3cc4sc(NC5CNC(=O)C5)nc4nc3[C@H](Cc3cc(F)cc(F)c3)NC(=O)Cn3nc(C(F)(F)F)c4c3C(F)(F)[C@@H]3CC[C@H]43)c21. The number of carbonyl (C=O) groups is 2. The van der Waals surface area contributed by atoms with Crippen LogP contribution in [-0.2, 0) is 51.7 Å². The first kappa shape index (κ1) is 40.6. The summed E-state index contributed by atoms with van der Waals surface area (Å²) >= 11 is 1.18. The number of alkyl halides is 5. The molecule has 61 heavy (non-hydrogen) atoms. The molecule has 2 aliphatic carbocycles. The van der Waals surface area contributed by atoms with Gasteiger partial charge in [-0.25, -0.2) is 27.2 Å². The van der Waals surface area contributed by atoms with E-state index in [9.17, 15) is 40.0 Å². The first-order valence-corrected chi connectivity index (χ1v) is 21.5. The van der Waals surface area contributed by atoms with Crippen LogP contribution in [0.15, 0.2) is 42.5 Å². The normalized spacial score (nSPS) is 20.0. The van der Waals surface area contributed by atoms with Gasteiger partial charge in [0.15, 0.2) is 22.3 Å². The number of pyridine rings is 1. The molecule has 6 aromatic rings. The van der Waals surface area contributed by atoms with Gasteiger partial charge in [-0.2, -0.15) is 32.1 Å². The first-order valence-electron chi connectivity index (χ1n) is 18.8. The maximum atomic E-state index is 15.7. The van der Waals surface area contributed by atoms with Crippen molar-refractivity contribution in [2.45, 2.75) is 62.3 Å². The summed E-state index contributed by atoms with van der Waals surface area (Å²) < 4.78 is 133. The number of halogens is 7. The molecule has 23 heteroatoms. The number of aromatic nitrogens is 6. The molecule has 320 valence electrons. The number of nitrogens with one attached hydrogen (secondary N) is 4. The van der Waals surface area contributed by atoms with Crippen LogP contribution >= 0.6 is 11.3 Å².